The number of hydrogen-bond donors (Lipinski definition) is 0. The van der Waals surface area contributed by atoms with Crippen LogP contribution in [-0.2, 0) is 13.1 Å². The van der Waals surface area contributed by atoms with Gasteiger partial charge in [-0.05, 0) is 82.6 Å². The van der Waals surface area contributed by atoms with Gasteiger partial charge in [-0.3, -0.25) is 4.90 Å². The van der Waals surface area contributed by atoms with E-state index in [0.717, 1.165) is 50.2 Å². The molecule has 3 heterocycles. The Morgan fingerprint density at radius 3 is 2.66 bits per heavy atom. The van der Waals surface area contributed by atoms with Crippen molar-refractivity contribution in [1.29, 1.82) is 0 Å². The van der Waals surface area contributed by atoms with E-state index in [1.807, 2.05) is 30.1 Å². The topological polar surface area (TPSA) is 37.4 Å². The van der Waals surface area contributed by atoms with Gasteiger partial charge >= 0.3 is 0 Å². The number of piperidine rings is 1. The molecule has 0 aliphatic carbocycles. The summed E-state index contributed by atoms with van der Waals surface area (Å²) in [6.45, 7) is 9.50. The van der Waals surface area contributed by atoms with E-state index in [9.17, 15) is 0 Å². The normalized spacial score (nSPS) is 16.0. The van der Waals surface area contributed by atoms with Gasteiger partial charge in [0.2, 0.25) is 0 Å². The van der Waals surface area contributed by atoms with E-state index >= 15 is 0 Å². The molecule has 0 spiro atoms. The van der Waals surface area contributed by atoms with E-state index in [0.29, 0.717) is 0 Å². The molecule has 0 radical (unpaired) electrons. The summed E-state index contributed by atoms with van der Waals surface area (Å²) in [5, 5.41) is 4.43. The monoisotopic (exact) mass is 392 g/mol. The lowest BCUT2D eigenvalue weighted by atomic mass is 9.96. The van der Waals surface area contributed by atoms with Crippen LogP contribution in [0.2, 0.25) is 0 Å². The zero-order valence-electron chi connectivity index (χ0n) is 17.8. The number of rotatable bonds is 7. The Kier molecular flexibility index (Phi) is 6.16. The second kappa shape index (κ2) is 8.97. The summed E-state index contributed by atoms with van der Waals surface area (Å²) in [5.74, 6) is 2.85. The Hall–Kier alpha value is -2.37. The fourth-order valence-corrected chi connectivity index (χ4v) is 4.39. The molecule has 1 aliphatic heterocycles. The van der Waals surface area contributed by atoms with Crippen LogP contribution in [0, 0.1) is 19.8 Å². The molecule has 0 amide bonds. The quantitative estimate of drug-likeness (QED) is 0.596. The summed E-state index contributed by atoms with van der Waals surface area (Å²) in [4.78, 5) is 4.99. The molecule has 3 aromatic rings. The predicted molar refractivity (Wildman–Crippen MR) is 116 cm³/mol. The molecule has 154 valence electrons. The van der Waals surface area contributed by atoms with Crippen LogP contribution in [0.4, 0.5) is 0 Å². The smallest absolute Gasteiger partial charge is 0.118 e. The Balaban J connectivity index is 1.31. The Morgan fingerprint density at radius 1 is 1.14 bits per heavy atom. The molecular formula is C24H32N4O. The summed E-state index contributed by atoms with van der Waals surface area (Å²) in [5.41, 5.74) is 3.81. The van der Waals surface area contributed by atoms with Gasteiger partial charge in [-0.25, -0.2) is 4.68 Å². The third-order valence-electron chi connectivity index (χ3n) is 5.88. The van der Waals surface area contributed by atoms with Gasteiger partial charge in [0, 0.05) is 25.5 Å². The molecule has 1 saturated heterocycles. The molecule has 0 unspecified atom stereocenters. The average Bonchev–Trinajstić information content (AvgIpc) is 3.35. The molecule has 5 heteroatoms. The summed E-state index contributed by atoms with van der Waals surface area (Å²) >= 11 is 0. The maximum absolute atomic E-state index is 5.74. The molecule has 0 N–H and O–H groups in total. The first-order valence-electron chi connectivity index (χ1n) is 10.6. The second-order valence-corrected chi connectivity index (χ2v) is 8.51. The van der Waals surface area contributed by atoms with Gasteiger partial charge in [0.25, 0.3) is 0 Å². The van der Waals surface area contributed by atoms with Gasteiger partial charge in [-0.1, -0.05) is 17.7 Å². The van der Waals surface area contributed by atoms with Crippen LogP contribution in [0.15, 0.2) is 53.2 Å². The van der Waals surface area contributed by atoms with Crippen molar-refractivity contribution >= 4 is 0 Å². The molecule has 1 aliphatic rings. The van der Waals surface area contributed by atoms with E-state index in [2.05, 4.69) is 59.2 Å². The average molecular weight is 393 g/mol. The number of aromatic nitrogens is 2. The lowest BCUT2D eigenvalue weighted by molar-refractivity contribution is 0.140. The second-order valence-electron chi connectivity index (χ2n) is 8.51. The van der Waals surface area contributed by atoms with Gasteiger partial charge < -0.3 is 9.32 Å². The highest BCUT2D eigenvalue weighted by atomic mass is 16.3. The number of furan rings is 1. The maximum Gasteiger partial charge on any atom is 0.118 e. The van der Waals surface area contributed by atoms with Crippen molar-refractivity contribution in [2.75, 3.05) is 26.7 Å². The number of benzene rings is 1. The van der Waals surface area contributed by atoms with E-state index in [1.54, 1.807) is 0 Å². The molecule has 0 saturated carbocycles. The Labute approximate surface area is 173 Å². The predicted octanol–water partition coefficient (Wildman–Crippen LogP) is 4.43. The fraction of sp³-hybridized carbons (Fsp3) is 0.458. The van der Waals surface area contributed by atoms with Crippen LogP contribution < -0.4 is 0 Å². The SMILES string of the molecule is Cc1ccc(-n2cccn2)c(CN(C)CC2CCN(Cc3ccc(C)o3)CC2)c1. The van der Waals surface area contributed by atoms with Crippen molar-refractivity contribution < 1.29 is 4.42 Å². The van der Waals surface area contributed by atoms with Crippen molar-refractivity contribution in [3.05, 3.63) is 71.4 Å². The Bertz CT molecular complexity index is 907. The third-order valence-corrected chi connectivity index (χ3v) is 5.88. The summed E-state index contributed by atoms with van der Waals surface area (Å²) in [6.07, 6.45) is 6.36. The summed E-state index contributed by atoms with van der Waals surface area (Å²) in [7, 11) is 2.24. The van der Waals surface area contributed by atoms with Crippen molar-refractivity contribution in [2.24, 2.45) is 5.92 Å². The van der Waals surface area contributed by atoms with Gasteiger partial charge in [0.05, 0.1) is 12.2 Å². The first-order chi connectivity index (χ1) is 14.1. The lowest BCUT2D eigenvalue weighted by Gasteiger charge is -2.33. The minimum absolute atomic E-state index is 0.757. The molecule has 1 fully saturated rings. The zero-order valence-corrected chi connectivity index (χ0v) is 17.8. The molecule has 29 heavy (non-hydrogen) atoms. The molecule has 5 nitrogen and oxygen atoms in total. The molecular weight excluding hydrogens is 360 g/mol. The number of nitrogens with zero attached hydrogens (tertiary/aromatic N) is 4. The molecule has 1 aromatic carbocycles. The summed E-state index contributed by atoms with van der Waals surface area (Å²) in [6, 6.07) is 12.8. The van der Waals surface area contributed by atoms with Crippen LogP contribution in [0.3, 0.4) is 0 Å². The van der Waals surface area contributed by atoms with Crippen LogP contribution >= 0.6 is 0 Å². The van der Waals surface area contributed by atoms with Gasteiger partial charge in [-0.15, -0.1) is 0 Å². The third kappa shape index (κ3) is 5.17. The first-order valence-corrected chi connectivity index (χ1v) is 10.6. The highest BCUT2D eigenvalue weighted by Crippen LogP contribution is 2.23. The van der Waals surface area contributed by atoms with Crippen LogP contribution in [0.5, 0.6) is 0 Å². The molecule has 4 rings (SSSR count). The van der Waals surface area contributed by atoms with E-state index in [1.165, 1.54) is 29.7 Å². The van der Waals surface area contributed by atoms with E-state index < -0.39 is 0 Å². The highest BCUT2D eigenvalue weighted by Gasteiger charge is 2.21. The van der Waals surface area contributed by atoms with Crippen LogP contribution in [0.25, 0.3) is 5.69 Å². The van der Waals surface area contributed by atoms with Crippen molar-refractivity contribution in [2.45, 2.75) is 39.8 Å². The number of hydrogen-bond acceptors (Lipinski definition) is 4. The largest absolute Gasteiger partial charge is 0.465 e. The summed E-state index contributed by atoms with van der Waals surface area (Å²) < 4.78 is 7.71. The van der Waals surface area contributed by atoms with Gasteiger partial charge in [0.1, 0.15) is 11.5 Å². The maximum atomic E-state index is 5.74. The van der Waals surface area contributed by atoms with Crippen molar-refractivity contribution in [3.8, 4) is 5.69 Å². The number of aryl methyl sites for hydroxylation is 2. The van der Waals surface area contributed by atoms with Crippen molar-refractivity contribution in [1.82, 2.24) is 19.6 Å². The lowest BCUT2D eigenvalue weighted by Crippen LogP contribution is -2.37. The highest BCUT2D eigenvalue weighted by molar-refractivity contribution is 5.42. The first kappa shape index (κ1) is 19.9. The fourth-order valence-electron chi connectivity index (χ4n) is 4.39. The molecule has 0 bridgehead atoms. The van der Waals surface area contributed by atoms with Crippen molar-refractivity contribution in [3.63, 3.8) is 0 Å². The minimum atomic E-state index is 0.757. The van der Waals surface area contributed by atoms with E-state index in [4.69, 9.17) is 4.42 Å². The molecule has 0 atom stereocenters. The standard InChI is InChI=1S/C24H32N4O/c1-19-5-8-24(28-12-4-11-25-28)22(15-19)17-26(3)16-21-9-13-27(14-10-21)18-23-7-6-20(2)29-23/h4-8,11-12,15,21H,9-10,13-14,16-18H2,1-3H3. The zero-order chi connectivity index (χ0) is 20.2. The van der Waals surface area contributed by atoms with Gasteiger partial charge in [0.15, 0.2) is 0 Å². The van der Waals surface area contributed by atoms with Gasteiger partial charge in [-0.2, -0.15) is 5.10 Å². The van der Waals surface area contributed by atoms with Crippen LogP contribution in [0.1, 0.15) is 35.5 Å². The minimum Gasteiger partial charge on any atom is -0.465 e. The number of likely N-dealkylation sites (tertiary alicyclic amines) is 1. The van der Waals surface area contributed by atoms with Crippen LogP contribution in [-0.4, -0.2) is 46.3 Å². The van der Waals surface area contributed by atoms with E-state index in [-0.39, 0.29) is 0 Å². The molecule has 2 aromatic heterocycles. The Morgan fingerprint density at radius 2 is 1.97 bits per heavy atom.